The van der Waals surface area contributed by atoms with Crippen molar-refractivity contribution >= 4 is 16.8 Å². The number of hydrogen-bond donors (Lipinski definition) is 1. The minimum atomic E-state index is -0.0522. The molecule has 0 spiro atoms. The second-order valence-corrected chi connectivity index (χ2v) is 4.51. The molecule has 0 radical (unpaired) electrons. The molecule has 1 heterocycles. The van der Waals surface area contributed by atoms with Crippen molar-refractivity contribution < 1.29 is 4.79 Å². The lowest BCUT2D eigenvalue weighted by atomic mass is 10.1. The van der Waals surface area contributed by atoms with E-state index in [4.69, 9.17) is 5.73 Å². The van der Waals surface area contributed by atoms with Crippen LogP contribution >= 0.6 is 0 Å². The number of carbonyl (C=O) groups is 1. The van der Waals surface area contributed by atoms with Crippen molar-refractivity contribution in [2.75, 3.05) is 6.54 Å². The third kappa shape index (κ3) is 1.96. The fourth-order valence-electron chi connectivity index (χ4n) is 2.03. The fourth-order valence-corrected chi connectivity index (χ4v) is 2.03. The number of benzene rings is 1. The van der Waals surface area contributed by atoms with Crippen LogP contribution in [0, 0.1) is 0 Å². The average molecular weight is 231 g/mol. The maximum atomic E-state index is 11.5. The predicted molar refractivity (Wildman–Crippen MR) is 68.2 cm³/mol. The topological polar surface area (TPSA) is 60.9 Å². The number of aromatic nitrogens is 2. The molecule has 4 heteroatoms. The molecule has 0 unspecified atom stereocenters. The van der Waals surface area contributed by atoms with Gasteiger partial charge in [0.15, 0.2) is 5.78 Å². The Morgan fingerprint density at radius 3 is 2.76 bits per heavy atom. The van der Waals surface area contributed by atoms with Crippen molar-refractivity contribution in [2.24, 2.45) is 12.8 Å². The summed E-state index contributed by atoms with van der Waals surface area (Å²) in [5.74, 6) is 1.34. The van der Waals surface area contributed by atoms with E-state index < -0.39 is 0 Å². The number of fused-ring (bicyclic) bond motifs is 1. The van der Waals surface area contributed by atoms with Crippen LogP contribution < -0.4 is 5.73 Å². The number of carbonyl (C=O) groups excluding carboxylic acids is 1. The first-order chi connectivity index (χ1) is 8.04. The van der Waals surface area contributed by atoms with Gasteiger partial charge in [0.05, 0.1) is 17.6 Å². The number of ketones is 1. The zero-order chi connectivity index (χ0) is 12.6. The molecule has 90 valence electrons. The third-order valence-electron chi connectivity index (χ3n) is 2.94. The van der Waals surface area contributed by atoms with Gasteiger partial charge in [0.1, 0.15) is 5.82 Å². The van der Waals surface area contributed by atoms with Crippen LogP contribution in [0.1, 0.15) is 35.9 Å². The Labute approximate surface area is 100 Å². The molecule has 0 aliphatic rings. The highest BCUT2D eigenvalue weighted by molar-refractivity contribution is 6.00. The summed E-state index contributed by atoms with van der Waals surface area (Å²) >= 11 is 0. The van der Waals surface area contributed by atoms with E-state index >= 15 is 0 Å². The van der Waals surface area contributed by atoms with Crippen molar-refractivity contribution in [3.8, 4) is 0 Å². The van der Waals surface area contributed by atoms with Gasteiger partial charge in [0, 0.05) is 18.5 Å². The summed E-state index contributed by atoms with van der Waals surface area (Å²) in [4.78, 5) is 16.1. The highest BCUT2D eigenvalue weighted by Gasteiger charge is 2.12. The molecule has 0 aliphatic carbocycles. The van der Waals surface area contributed by atoms with E-state index in [0.717, 1.165) is 16.9 Å². The van der Waals surface area contributed by atoms with E-state index in [1.165, 1.54) is 0 Å². The highest BCUT2D eigenvalue weighted by atomic mass is 16.1. The van der Waals surface area contributed by atoms with E-state index in [1.807, 2.05) is 25.2 Å². The van der Waals surface area contributed by atoms with Gasteiger partial charge in [-0.3, -0.25) is 4.79 Å². The first kappa shape index (κ1) is 11.8. The van der Waals surface area contributed by atoms with Gasteiger partial charge in [0.2, 0.25) is 0 Å². The molecule has 0 fully saturated rings. The van der Waals surface area contributed by atoms with Crippen LogP contribution in [-0.4, -0.2) is 21.9 Å². The van der Waals surface area contributed by atoms with E-state index in [9.17, 15) is 4.79 Å². The fraction of sp³-hybridized carbons (Fsp3) is 0.385. The number of nitrogens with zero attached hydrogens (tertiary/aromatic N) is 2. The Morgan fingerprint density at radius 2 is 2.18 bits per heavy atom. The van der Waals surface area contributed by atoms with Crippen molar-refractivity contribution in [2.45, 2.75) is 19.8 Å². The second kappa shape index (κ2) is 4.30. The zero-order valence-corrected chi connectivity index (χ0v) is 10.4. The lowest BCUT2D eigenvalue weighted by Gasteiger charge is -2.04. The van der Waals surface area contributed by atoms with Crippen LogP contribution in [-0.2, 0) is 7.05 Å². The van der Waals surface area contributed by atoms with E-state index in [1.54, 1.807) is 0 Å². The zero-order valence-electron chi connectivity index (χ0n) is 10.4. The van der Waals surface area contributed by atoms with Gasteiger partial charge in [-0.2, -0.15) is 0 Å². The molecular formula is C13H17N3O. The Morgan fingerprint density at radius 1 is 1.47 bits per heavy atom. The summed E-state index contributed by atoms with van der Waals surface area (Å²) in [6.07, 6.45) is 0. The Balaban J connectivity index is 2.59. The summed E-state index contributed by atoms with van der Waals surface area (Å²) in [6.45, 7) is 4.25. The molecule has 0 bridgehead atoms. The number of nitrogens with two attached hydrogens (primary N) is 1. The van der Waals surface area contributed by atoms with Crippen molar-refractivity contribution in [3.63, 3.8) is 0 Å². The minimum absolute atomic E-state index is 0.0371. The first-order valence-corrected chi connectivity index (χ1v) is 5.74. The number of imidazole rings is 1. The summed E-state index contributed by atoms with van der Waals surface area (Å²) < 4.78 is 2.07. The highest BCUT2D eigenvalue weighted by Crippen LogP contribution is 2.21. The summed E-state index contributed by atoms with van der Waals surface area (Å²) in [5.41, 5.74) is 7.89. The van der Waals surface area contributed by atoms with Gasteiger partial charge in [0.25, 0.3) is 0 Å². The summed E-state index contributed by atoms with van der Waals surface area (Å²) in [6, 6.07) is 5.55. The van der Waals surface area contributed by atoms with Crippen LogP contribution in [0.15, 0.2) is 18.2 Å². The molecule has 0 atom stereocenters. The maximum Gasteiger partial charge on any atom is 0.176 e. The van der Waals surface area contributed by atoms with Gasteiger partial charge in [-0.15, -0.1) is 0 Å². The monoisotopic (exact) mass is 231 g/mol. The molecule has 0 saturated heterocycles. The standard InChI is InChI=1S/C13H17N3O/c1-8(2)13-15-10-6-9(12(17)7-14)4-5-11(10)16(13)3/h4-6,8H,7,14H2,1-3H3. The number of rotatable bonds is 3. The second-order valence-electron chi connectivity index (χ2n) is 4.51. The molecule has 4 nitrogen and oxygen atoms in total. The summed E-state index contributed by atoms with van der Waals surface area (Å²) in [5, 5.41) is 0. The van der Waals surface area contributed by atoms with Gasteiger partial charge in [-0.05, 0) is 18.2 Å². The number of Topliss-reactive ketones (excluding diaryl/α,β-unsaturated/α-hetero) is 1. The van der Waals surface area contributed by atoms with Crippen LogP contribution in [0.25, 0.3) is 11.0 Å². The largest absolute Gasteiger partial charge is 0.331 e. The molecule has 2 aromatic rings. The average Bonchev–Trinajstić information content (AvgIpc) is 2.65. The maximum absolute atomic E-state index is 11.5. The Kier molecular flexibility index (Phi) is 2.98. The molecule has 1 aromatic carbocycles. The lowest BCUT2D eigenvalue weighted by molar-refractivity contribution is 0.100. The number of hydrogen-bond acceptors (Lipinski definition) is 3. The molecule has 0 amide bonds. The van der Waals surface area contributed by atoms with Crippen LogP contribution in [0.4, 0.5) is 0 Å². The quantitative estimate of drug-likeness (QED) is 0.820. The van der Waals surface area contributed by atoms with Gasteiger partial charge in [-0.25, -0.2) is 4.98 Å². The molecular weight excluding hydrogens is 214 g/mol. The normalized spacial score (nSPS) is 11.4. The number of aryl methyl sites for hydroxylation is 1. The van der Waals surface area contributed by atoms with Crippen molar-refractivity contribution in [1.82, 2.24) is 9.55 Å². The van der Waals surface area contributed by atoms with E-state index in [-0.39, 0.29) is 12.3 Å². The summed E-state index contributed by atoms with van der Waals surface area (Å²) in [7, 11) is 2.00. The van der Waals surface area contributed by atoms with Gasteiger partial charge < -0.3 is 10.3 Å². The molecule has 17 heavy (non-hydrogen) atoms. The third-order valence-corrected chi connectivity index (χ3v) is 2.94. The molecule has 0 aliphatic heterocycles. The molecule has 2 N–H and O–H groups in total. The van der Waals surface area contributed by atoms with E-state index in [0.29, 0.717) is 11.5 Å². The SMILES string of the molecule is CC(C)c1nc2cc(C(=O)CN)ccc2n1C. The van der Waals surface area contributed by atoms with Crippen LogP contribution in [0.3, 0.4) is 0 Å². The Bertz CT molecular complexity index is 569. The first-order valence-electron chi connectivity index (χ1n) is 5.74. The van der Waals surface area contributed by atoms with Gasteiger partial charge >= 0.3 is 0 Å². The molecule has 0 saturated carbocycles. The molecule has 2 rings (SSSR count). The Hall–Kier alpha value is -1.68. The van der Waals surface area contributed by atoms with Crippen LogP contribution in [0.5, 0.6) is 0 Å². The van der Waals surface area contributed by atoms with Crippen molar-refractivity contribution in [1.29, 1.82) is 0 Å². The smallest absolute Gasteiger partial charge is 0.176 e. The predicted octanol–water partition coefficient (Wildman–Crippen LogP) is 1.84. The molecule has 1 aromatic heterocycles. The van der Waals surface area contributed by atoms with E-state index in [2.05, 4.69) is 23.4 Å². The minimum Gasteiger partial charge on any atom is -0.331 e. The van der Waals surface area contributed by atoms with Crippen LogP contribution in [0.2, 0.25) is 0 Å². The van der Waals surface area contributed by atoms with Gasteiger partial charge in [-0.1, -0.05) is 13.8 Å². The van der Waals surface area contributed by atoms with Crippen molar-refractivity contribution in [3.05, 3.63) is 29.6 Å². The lowest BCUT2D eigenvalue weighted by Crippen LogP contribution is -2.13.